The Morgan fingerprint density at radius 3 is 2.43 bits per heavy atom. The van der Waals surface area contributed by atoms with E-state index >= 15 is 0 Å². The molecule has 0 atom stereocenters. The van der Waals surface area contributed by atoms with Gasteiger partial charge in [0.2, 0.25) is 0 Å². The van der Waals surface area contributed by atoms with Crippen molar-refractivity contribution >= 4 is 40.9 Å². The zero-order valence-electron chi connectivity index (χ0n) is 12.1. The van der Waals surface area contributed by atoms with Crippen LogP contribution in [0.15, 0.2) is 48.0 Å². The summed E-state index contributed by atoms with van der Waals surface area (Å²) in [5.41, 5.74) is 1.02. The van der Waals surface area contributed by atoms with E-state index < -0.39 is 5.91 Å². The molecule has 0 unspecified atom stereocenters. The Hall–Kier alpha value is -2.48. The lowest BCUT2D eigenvalue weighted by molar-refractivity contribution is -0.112. The van der Waals surface area contributed by atoms with E-state index in [1.165, 1.54) is 13.2 Å². The fourth-order valence-corrected chi connectivity index (χ4v) is 2.16. The molecule has 6 heteroatoms. The van der Waals surface area contributed by atoms with Crippen LogP contribution in [0.25, 0.3) is 6.08 Å². The van der Waals surface area contributed by atoms with Crippen molar-refractivity contribution in [2.24, 2.45) is 0 Å². The van der Waals surface area contributed by atoms with E-state index in [0.29, 0.717) is 27.0 Å². The van der Waals surface area contributed by atoms with Gasteiger partial charge in [0, 0.05) is 21.3 Å². The maximum atomic E-state index is 12.2. The predicted octanol–water partition coefficient (Wildman–Crippen LogP) is 4.55. The van der Waals surface area contributed by atoms with Gasteiger partial charge in [0.1, 0.15) is 17.4 Å². The van der Waals surface area contributed by atoms with Crippen molar-refractivity contribution in [3.63, 3.8) is 0 Å². The van der Waals surface area contributed by atoms with Gasteiger partial charge in [-0.25, -0.2) is 0 Å². The summed E-state index contributed by atoms with van der Waals surface area (Å²) < 4.78 is 5.20. The average Bonchev–Trinajstić information content (AvgIpc) is 2.54. The molecule has 0 radical (unpaired) electrons. The van der Waals surface area contributed by atoms with Crippen LogP contribution in [0.2, 0.25) is 10.0 Å². The topological polar surface area (TPSA) is 62.1 Å². The number of nitriles is 1. The van der Waals surface area contributed by atoms with Crippen molar-refractivity contribution in [1.82, 2.24) is 0 Å². The van der Waals surface area contributed by atoms with Crippen LogP contribution in [0.5, 0.6) is 5.75 Å². The Morgan fingerprint density at radius 2 is 1.83 bits per heavy atom. The largest absolute Gasteiger partial charge is 0.496 e. The molecule has 116 valence electrons. The summed E-state index contributed by atoms with van der Waals surface area (Å²) in [6, 6.07) is 13.4. The number of halogens is 2. The first kappa shape index (κ1) is 16.9. The van der Waals surface area contributed by atoms with Crippen molar-refractivity contribution in [1.29, 1.82) is 5.26 Å². The maximum absolute atomic E-state index is 12.2. The molecule has 0 fully saturated rings. The molecule has 1 N–H and O–H groups in total. The molecule has 0 spiro atoms. The minimum Gasteiger partial charge on any atom is -0.496 e. The number of hydrogen-bond donors (Lipinski definition) is 1. The Labute approximate surface area is 143 Å². The molecule has 0 saturated heterocycles. The summed E-state index contributed by atoms with van der Waals surface area (Å²) in [6.07, 6.45) is 1.43. The summed E-state index contributed by atoms with van der Waals surface area (Å²) in [7, 11) is 1.50. The van der Waals surface area contributed by atoms with Gasteiger partial charge in [-0.05, 0) is 48.5 Å². The number of carbonyl (C=O) groups is 1. The molecule has 2 aromatic carbocycles. The molecule has 0 heterocycles. The zero-order chi connectivity index (χ0) is 16.8. The lowest BCUT2D eigenvalue weighted by Crippen LogP contribution is -2.13. The summed E-state index contributed by atoms with van der Waals surface area (Å²) in [5.74, 6) is -0.0155. The van der Waals surface area contributed by atoms with Crippen molar-refractivity contribution in [2.45, 2.75) is 0 Å². The van der Waals surface area contributed by atoms with Crippen LogP contribution >= 0.6 is 23.2 Å². The molecule has 0 aliphatic rings. The Balaban J connectivity index is 2.28. The molecule has 23 heavy (non-hydrogen) atoms. The minimum atomic E-state index is -0.531. The molecule has 2 rings (SSSR count). The molecule has 0 aliphatic heterocycles. The van der Waals surface area contributed by atoms with Gasteiger partial charge in [-0.1, -0.05) is 23.2 Å². The van der Waals surface area contributed by atoms with Crippen LogP contribution in [0.4, 0.5) is 5.69 Å². The van der Waals surface area contributed by atoms with Gasteiger partial charge in [-0.15, -0.1) is 0 Å². The third-order valence-corrected chi connectivity index (χ3v) is 3.45. The minimum absolute atomic E-state index is 0.0690. The van der Waals surface area contributed by atoms with Crippen LogP contribution in [0.1, 0.15) is 5.56 Å². The van der Waals surface area contributed by atoms with Crippen molar-refractivity contribution in [3.05, 3.63) is 63.6 Å². The maximum Gasteiger partial charge on any atom is 0.266 e. The predicted molar refractivity (Wildman–Crippen MR) is 91.7 cm³/mol. The zero-order valence-corrected chi connectivity index (χ0v) is 13.7. The summed E-state index contributed by atoms with van der Waals surface area (Å²) in [4.78, 5) is 12.2. The van der Waals surface area contributed by atoms with E-state index in [0.717, 1.165) is 0 Å². The number of methoxy groups -OCH3 is 1. The van der Waals surface area contributed by atoms with Gasteiger partial charge in [0.25, 0.3) is 5.91 Å². The molecule has 0 aromatic heterocycles. The molecule has 0 saturated carbocycles. The second-order valence-electron chi connectivity index (χ2n) is 4.52. The number of hydrogen-bond acceptors (Lipinski definition) is 3. The lowest BCUT2D eigenvalue weighted by Gasteiger charge is -2.07. The van der Waals surface area contributed by atoms with Crippen LogP contribution in [-0.2, 0) is 4.79 Å². The number of rotatable bonds is 4. The Morgan fingerprint density at radius 1 is 1.17 bits per heavy atom. The second-order valence-corrected chi connectivity index (χ2v) is 5.39. The highest BCUT2D eigenvalue weighted by molar-refractivity contribution is 6.31. The number of nitrogens with one attached hydrogen (secondary N) is 1. The molecule has 0 aliphatic carbocycles. The lowest BCUT2D eigenvalue weighted by atomic mass is 10.1. The highest BCUT2D eigenvalue weighted by Crippen LogP contribution is 2.25. The number of amides is 1. The van der Waals surface area contributed by atoms with Gasteiger partial charge in [0.15, 0.2) is 0 Å². The fraction of sp³-hybridized carbons (Fsp3) is 0.0588. The SMILES string of the molecule is COc1ccc(Cl)cc1C=C(C#N)C(=O)Nc1ccc(Cl)cc1. The quantitative estimate of drug-likeness (QED) is 0.652. The van der Waals surface area contributed by atoms with E-state index in [-0.39, 0.29) is 5.57 Å². The monoisotopic (exact) mass is 346 g/mol. The summed E-state index contributed by atoms with van der Waals surface area (Å²) in [6.45, 7) is 0. The summed E-state index contributed by atoms with van der Waals surface area (Å²) in [5, 5.41) is 12.9. The van der Waals surface area contributed by atoms with Gasteiger partial charge >= 0.3 is 0 Å². The van der Waals surface area contributed by atoms with Crippen molar-refractivity contribution in [3.8, 4) is 11.8 Å². The number of carbonyl (C=O) groups excluding carboxylic acids is 1. The third-order valence-electron chi connectivity index (χ3n) is 2.96. The Kier molecular flexibility index (Phi) is 5.64. The fourth-order valence-electron chi connectivity index (χ4n) is 1.85. The third kappa shape index (κ3) is 4.49. The van der Waals surface area contributed by atoms with E-state index in [4.69, 9.17) is 27.9 Å². The number of anilines is 1. The average molecular weight is 347 g/mol. The normalized spacial score (nSPS) is 10.8. The van der Waals surface area contributed by atoms with Crippen molar-refractivity contribution in [2.75, 3.05) is 12.4 Å². The summed E-state index contributed by atoms with van der Waals surface area (Å²) >= 11 is 11.7. The van der Waals surface area contributed by atoms with Crippen molar-refractivity contribution < 1.29 is 9.53 Å². The van der Waals surface area contributed by atoms with E-state index in [1.807, 2.05) is 6.07 Å². The van der Waals surface area contributed by atoms with E-state index in [9.17, 15) is 10.1 Å². The van der Waals surface area contributed by atoms with Gasteiger partial charge in [0.05, 0.1) is 7.11 Å². The van der Waals surface area contributed by atoms with Gasteiger partial charge in [-0.3, -0.25) is 4.79 Å². The first-order chi connectivity index (χ1) is 11.0. The highest BCUT2D eigenvalue weighted by Gasteiger charge is 2.11. The molecular formula is C17H12Cl2N2O2. The number of benzene rings is 2. The molecule has 4 nitrogen and oxygen atoms in total. The smallest absolute Gasteiger partial charge is 0.266 e. The molecule has 0 bridgehead atoms. The standard InChI is InChI=1S/C17H12Cl2N2O2/c1-23-16-7-4-14(19)9-11(16)8-12(10-20)17(22)21-15-5-2-13(18)3-6-15/h2-9H,1H3,(H,21,22). The van der Waals surface area contributed by atoms with Crippen LogP contribution in [0.3, 0.4) is 0 Å². The molecule has 1 amide bonds. The van der Waals surface area contributed by atoms with E-state index in [2.05, 4.69) is 5.32 Å². The van der Waals surface area contributed by atoms with Crippen LogP contribution in [0, 0.1) is 11.3 Å². The number of nitrogens with zero attached hydrogens (tertiary/aromatic N) is 1. The second kappa shape index (κ2) is 7.68. The van der Waals surface area contributed by atoms with Gasteiger partial charge in [-0.2, -0.15) is 5.26 Å². The van der Waals surface area contributed by atoms with Crippen LogP contribution in [-0.4, -0.2) is 13.0 Å². The molecule has 2 aromatic rings. The first-order valence-electron chi connectivity index (χ1n) is 6.55. The highest BCUT2D eigenvalue weighted by atomic mass is 35.5. The Bertz CT molecular complexity index is 793. The van der Waals surface area contributed by atoms with Gasteiger partial charge < -0.3 is 10.1 Å². The molecular weight excluding hydrogens is 335 g/mol. The first-order valence-corrected chi connectivity index (χ1v) is 7.31. The van der Waals surface area contributed by atoms with Crippen LogP contribution < -0.4 is 10.1 Å². The van der Waals surface area contributed by atoms with E-state index in [1.54, 1.807) is 42.5 Å². The number of ether oxygens (including phenoxy) is 1.